The fourth-order valence-corrected chi connectivity index (χ4v) is 5.98. The molecule has 7 rings (SSSR count). The van der Waals surface area contributed by atoms with E-state index < -0.39 is 17.8 Å². The predicted octanol–water partition coefficient (Wildman–Crippen LogP) is 7.76. The van der Waals surface area contributed by atoms with Crippen LogP contribution in [0.15, 0.2) is 96.6 Å². The largest absolute Gasteiger partial charge is 0.416 e. The van der Waals surface area contributed by atoms with E-state index in [1.165, 1.54) is 23.5 Å². The number of imidazole rings is 1. The number of nitrogens with zero attached hydrogens (tertiary/aromatic N) is 5. The molecule has 1 saturated heterocycles. The van der Waals surface area contributed by atoms with Gasteiger partial charge in [-0.05, 0) is 66.7 Å². The number of urea groups is 1. The number of ether oxygens (including phenoxy) is 1. The molecule has 6 aromatic rings. The number of carbonyl (C=O) groups excluding carboxylic acids is 1. The van der Waals surface area contributed by atoms with Crippen LogP contribution in [-0.4, -0.2) is 51.7 Å². The first-order valence-electron chi connectivity index (χ1n) is 14.6. The maximum absolute atomic E-state index is 12.9. The highest BCUT2D eigenvalue weighted by Gasteiger charge is 2.30. The second kappa shape index (κ2) is 12.7. The molecule has 238 valence electrons. The number of rotatable bonds is 7. The van der Waals surface area contributed by atoms with E-state index in [4.69, 9.17) is 14.7 Å². The molecule has 4 heterocycles. The van der Waals surface area contributed by atoms with Crippen molar-refractivity contribution >= 4 is 51.0 Å². The van der Waals surface area contributed by atoms with Gasteiger partial charge in [-0.25, -0.2) is 19.7 Å². The Morgan fingerprint density at radius 1 is 0.872 bits per heavy atom. The minimum atomic E-state index is -4.46. The molecule has 10 nitrogen and oxygen atoms in total. The number of aromatic nitrogens is 4. The number of hydrogen-bond acceptors (Lipinski definition) is 8. The molecule has 1 fully saturated rings. The summed E-state index contributed by atoms with van der Waals surface area (Å²) in [6.45, 7) is 3.16. The van der Waals surface area contributed by atoms with Crippen LogP contribution in [0.3, 0.4) is 0 Å². The summed E-state index contributed by atoms with van der Waals surface area (Å²) in [5, 5.41) is 10.5. The molecule has 2 amide bonds. The number of benzene rings is 3. The lowest BCUT2D eigenvalue weighted by molar-refractivity contribution is -0.137. The Hall–Kier alpha value is -5.47. The van der Waals surface area contributed by atoms with Crippen molar-refractivity contribution in [3.63, 3.8) is 0 Å². The molecular weight excluding hydrogens is 629 g/mol. The summed E-state index contributed by atoms with van der Waals surface area (Å²) >= 11 is 1.48. The number of hydrogen-bond donors (Lipinski definition) is 3. The molecule has 0 aliphatic carbocycles. The summed E-state index contributed by atoms with van der Waals surface area (Å²) in [4.78, 5) is 29.9. The third-order valence-electron chi connectivity index (χ3n) is 7.52. The molecule has 0 unspecified atom stereocenters. The number of anilines is 5. The molecule has 0 spiro atoms. The average molecular weight is 657 g/mol. The van der Waals surface area contributed by atoms with E-state index in [9.17, 15) is 18.0 Å². The first kappa shape index (κ1) is 30.2. The molecule has 1 aliphatic rings. The minimum absolute atomic E-state index is 0.226. The third-order valence-corrected chi connectivity index (χ3v) is 8.28. The number of carbonyl (C=O) groups is 1. The van der Waals surface area contributed by atoms with Crippen LogP contribution in [-0.2, 0) is 10.9 Å². The standard InChI is InChI=1S/C33H27F3N8O2S/c34-33(35,36)22-4-6-24(7-5-22)39-31(45)40-25-3-1-2-21(20-25)28-29(44-16-19-47-32(44)42-28)27-12-13-37-30(41-27)38-23-8-10-26(11-9-23)43-14-17-46-18-15-43/h1-13,16,19-20H,14-15,17-18H2,(H,37,38,41)(H2,39,40,45). The normalized spacial score (nSPS) is 13.5. The zero-order valence-corrected chi connectivity index (χ0v) is 25.5. The second-order valence-corrected chi connectivity index (χ2v) is 11.5. The number of nitrogens with one attached hydrogen (secondary N) is 3. The van der Waals surface area contributed by atoms with Gasteiger partial charge in [-0.2, -0.15) is 13.2 Å². The molecule has 0 atom stereocenters. The highest BCUT2D eigenvalue weighted by Crippen LogP contribution is 2.35. The fourth-order valence-electron chi connectivity index (χ4n) is 5.27. The maximum Gasteiger partial charge on any atom is 0.416 e. The van der Waals surface area contributed by atoms with Gasteiger partial charge in [0.2, 0.25) is 5.95 Å². The zero-order valence-electron chi connectivity index (χ0n) is 24.7. The Kier molecular flexibility index (Phi) is 8.18. The van der Waals surface area contributed by atoms with E-state index in [1.807, 2.05) is 40.2 Å². The van der Waals surface area contributed by atoms with E-state index in [-0.39, 0.29) is 5.69 Å². The summed E-state index contributed by atoms with van der Waals surface area (Å²) in [6.07, 6.45) is -0.849. The van der Waals surface area contributed by atoms with E-state index in [2.05, 4.69) is 38.0 Å². The Bertz CT molecular complexity index is 2020. The summed E-state index contributed by atoms with van der Waals surface area (Å²) < 4.78 is 46.1. The Morgan fingerprint density at radius 2 is 1.62 bits per heavy atom. The van der Waals surface area contributed by atoms with Crippen LogP contribution in [0.2, 0.25) is 0 Å². The zero-order chi connectivity index (χ0) is 32.4. The predicted molar refractivity (Wildman–Crippen MR) is 176 cm³/mol. The Morgan fingerprint density at radius 3 is 2.38 bits per heavy atom. The number of morpholine rings is 1. The number of fused-ring (bicyclic) bond motifs is 1. The van der Waals surface area contributed by atoms with Crippen molar-refractivity contribution in [2.24, 2.45) is 0 Å². The SMILES string of the molecule is O=C(Nc1ccc(C(F)(F)F)cc1)Nc1cccc(-c2nc3sccn3c2-c2ccnc(Nc3ccc(N4CCOCC4)cc3)n2)c1. The molecule has 0 saturated carbocycles. The van der Waals surface area contributed by atoms with Crippen LogP contribution in [0.5, 0.6) is 0 Å². The van der Waals surface area contributed by atoms with Gasteiger partial charge in [0.05, 0.1) is 30.2 Å². The average Bonchev–Trinajstić information content (AvgIpc) is 3.68. The highest BCUT2D eigenvalue weighted by atomic mass is 32.1. The van der Waals surface area contributed by atoms with Crippen LogP contribution in [0, 0.1) is 0 Å². The lowest BCUT2D eigenvalue weighted by Gasteiger charge is -2.28. The topological polar surface area (TPSA) is 109 Å². The lowest BCUT2D eigenvalue weighted by Crippen LogP contribution is -2.36. The number of halogens is 3. The monoisotopic (exact) mass is 656 g/mol. The lowest BCUT2D eigenvalue weighted by atomic mass is 10.1. The van der Waals surface area contributed by atoms with Gasteiger partial charge in [-0.15, -0.1) is 11.3 Å². The quantitative estimate of drug-likeness (QED) is 0.161. The van der Waals surface area contributed by atoms with Gasteiger partial charge >= 0.3 is 12.2 Å². The Labute approximate surface area is 270 Å². The van der Waals surface area contributed by atoms with Crippen LogP contribution in [0.1, 0.15) is 5.56 Å². The molecule has 3 aromatic carbocycles. The molecule has 47 heavy (non-hydrogen) atoms. The summed E-state index contributed by atoms with van der Waals surface area (Å²) in [7, 11) is 0. The first-order valence-corrected chi connectivity index (χ1v) is 15.5. The molecule has 0 radical (unpaired) electrons. The van der Waals surface area contributed by atoms with Gasteiger partial charge in [0.15, 0.2) is 4.96 Å². The van der Waals surface area contributed by atoms with Gasteiger partial charge in [-0.1, -0.05) is 12.1 Å². The fraction of sp³-hybridized carbons (Fsp3) is 0.152. The summed E-state index contributed by atoms with van der Waals surface area (Å²) in [6, 6.07) is 20.7. The first-order chi connectivity index (χ1) is 22.8. The van der Waals surface area contributed by atoms with Gasteiger partial charge in [0, 0.05) is 59.2 Å². The van der Waals surface area contributed by atoms with Crippen molar-refractivity contribution in [1.82, 2.24) is 19.4 Å². The van der Waals surface area contributed by atoms with Crippen molar-refractivity contribution in [3.8, 4) is 22.6 Å². The second-order valence-electron chi connectivity index (χ2n) is 10.6. The van der Waals surface area contributed by atoms with E-state index in [0.717, 1.165) is 66.0 Å². The molecule has 3 aromatic heterocycles. The van der Waals surface area contributed by atoms with E-state index >= 15 is 0 Å². The van der Waals surface area contributed by atoms with Gasteiger partial charge in [0.1, 0.15) is 5.69 Å². The van der Waals surface area contributed by atoms with Crippen LogP contribution < -0.4 is 20.9 Å². The third kappa shape index (κ3) is 6.73. The molecule has 3 N–H and O–H groups in total. The van der Waals surface area contributed by atoms with Crippen molar-refractivity contribution < 1.29 is 22.7 Å². The summed E-state index contributed by atoms with van der Waals surface area (Å²) in [5.74, 6) is 0.424. The van der Waals surface area contributed by atoms with Crippen molar-refractivity contribution in [3.05, 3.63) is 102 Å². The molecular formula is C33H27F3N8O2S. The van der Waals surface area contributed by atoms with E-state index in [1.54, 1.807) is 24.4 Å². The Balaban J connectivity index is 1.11. The van der Waals surface area contributed by atoms with Crippen LogP contribution in [0.4, 0.5) is 46.7 Å². The summed E-state index contributed by atoms with van der Waals surface area (Å²) in [5.41, 5.74) is 4.67. The number of thiazole rings is 1. The number of amides is 2. The maximum atomic E-state index is 12.9. The molecule has 0 bridgehead atoms. The smallest absolute Gasteiger partial charge is 0.378 e. The van der Waals surface area contributed by atoms with Crippen LogP contribution in [0.25, 0.3) is 27.6 Å². The van der Waals surface area contributed by atoms with Crippen LogP contribution >= 0.6 is 11.3 Å². The highest BCUT2D eigenvalue weighted by molar-refractivity contribution is 7.15. The molecule has 1 aliphatic heterocycles. The van der Waals surface area contributed by atoms with E-state index in [0.29, 0.717) is 23.0 Å². The minimum Gasteiger partial charge on any atom is -0.378 e. The van der Waals surface area contributed by atoms with Gasteiger partial charge in [-0.3, -0.25) is 4.40 Å². The van der Waals surface area contributed by atoms with Crippen molar-refractivity contribution in [2.75, 3.05) is 47.2 Å². The van der Waals surface area contributed by atoms with Crippen molar-refractivity contribution in [1.29, 1.82) is 0 Å². The van der Waals surface area contributed by atoms with Gasteiger partial charge in [0.25, 0.3) is 0 Å². The van der Waals surface area contributed by atoms with Gasteiger partial charge < -0.3 is 25.6 Å². The molecule has 14 heteroatoms. The van der Waals surface area contributed by atoms with Crippen molar-refractivity contribution in [2.45, 2.75) is 6.18 Å². The number of alkyl halides is 3.